The normalized spacial score (nSPS) is 0. The molecule has 7 heteroatoms. The third-order valence-corrected chi connectivity index (χ3v) is 0. The average molecular weight is 325 g/mol. The van der Waals surface area contributed by atoms with Crippen LogP contribution in [0.5, 0.6) is 0 Å². The molecule has 0 aliphatic carbocycles. The van der Waals surface area contributed by atoms with E-state index < -0.39 is 0 Å². The number of rotatable bonds is 0. The largest absolute Gasteiger partial charge is 0.147 e. The first-order valence-corrected chi connectivity index (χ1v) is 0. The van der Waals surface area contributed by atoms with E-state index in [0.717, 1.165) is 0 Å². The summed E-state index contributed by atoms with van der Waals surface area (Å²) < 4.78 is 0. The summed E-state index contributed by atoms with van der Waals surface area (Å²) in [6.45, 7) is 0. The smallest absolute Gasteiger partial charge is 0 e. The van der Waals surface area contributed by atoms with Crippen molar-refractivity contribution < 1.29 is 20.4 Å². The molecule has 0 aromatic rings. The van der Waals surface area contributed by atoms with Gasteiger partial charge in [0.1, 0.15) is 0 Å². The molecular weight excluding hydrogens is 319 g/mol. The Morgan fingerprint density at radius 3 is 0.286 bits per heavy atom. The summed E-state index contributed by atoms with van der Waals surface area (Å²) in [5, 5.41) is 0. The molecule has 0 aliphatic heterocycles. The molecule has 0 nitrogen and oxygen atoms in total. The molecule has 0 amide bonds. The minimum atomic E-state index is 0. The minimum Gasteiger partial charge on any atom is -0.147 e. The Morgan fingerprint density at radius 1 is 0.286 bits per heavy atom. The molecule has 0 rings (SSSR count). The van der Waals surface area contributed by atoms with E-state index in [9.17, 15) is 0 Å². The zero-order valence-corrected chi connectivity index (χ0v) is 9.22. The molecule has 0 bridgehead atoms. The van der Waals surface area contributed by atoms with Gasteiger partial charge in [0.2, 0.25) is 0 Å². The third-order valence-electron chi connectivity index (χ3n) is 0. The van der Waals surface area contributed by atoms with Crippen molar-refractivity contribution in [3.05, 3.63) is 0 Å². The summed E-state index contributed by atoms with van der Waals surface area (Å²) in [5.74, 6) is 0. The Hall–Kier alpha value is 2.40. The van der Waals surface area contributed by atoms with Crippen LogP contribution in [0, 0.1) is 0 Å². The average Bonchev–Trinajstić information content (AvgIpc) is 0. The van der Waals surface area contributed by atoms with E-state index in [-0.39, 0.29) is 94.9 Å². The van der Waals surface area contributed by atoms with Gasteiger partial charge in [0.25, 0.3) is 0 Å². The fourth-order valence-electron chi connectivity index (χ4n) is 0. The van der Waals surface area contributed by atoms with Crippen LogP contribution in [0.1, 0.15) is 0 Å². The molecule has 0 unspecified atom stereocenters. The fourth-order valence-corrected chi connectivity index (χ4v) is 0. The fraction of sp³-hybridized carbons (Fsp3) is 0. The maximum Gasteiger partial charge on any atom is 0 e. The van der Waals surface area contributed by atoms with E-state index in [1.54, 1.807) is 0 Å². The first kappa shape index (κ1) is 115. The Bertz CT molecular complexity index is 4.14. The van der Waals surface area contributed by atoms with Crippen molar-refractivity contribution in [3.8, 4) is 0 Å². The molecule has 0 N–H and O–H groups in total. The second kappa shape index (κ2) is 79.8. The monoisotopic (exact) mass is 322 g/mol. The van der Waals surface area contributed by atoms with E-state index in [4.69, 9.17) is 0 Å². The predicted octanol–water partition coefficient (Wildman–Crippen LogP) is 2.53. The first-order valence-electron chi connectivity index (χ1n) is 0. The van der Waals surface area contributed by atoms with Crippen molar-refractivity contribution in [3.63, 3.8) is 0 Å². The van der Waals surface area contributed by atoms with Crippen LogP contribution >= 0.6 is 74.4 Å². The molecule has 0 saturated carbocycles. The van der Waals surface area contributed by atoms with E-state index in [1.807, 2.05) is 0 Å². The van der Waals surface area contributed by atoms with Gasteiger partial charge in [-0.3, -0.25) is 0 Å². The van der Waals surface area contributed by atoms with E-state index in [1.165, 1.54) is 0 Å². The summed E-state index contributed by atoms with van der Waals surface area (Å²) in [7, 11) is 0. The predicted molar refractivity (Wildman–Crippen MR) is 43.5 cm³/mol. The summed E-state index contributed by atoms with van der Waals surface area (Å²) >= 11 is 0. The standard InChI is InChI=1S/6ClH.Pd/h6*1H;. The van der Waals surface area contributed by atoms with Crippen LogP contribution in [0.15, 0.2) is 0 Å². The Morgan fingerprint density at radius 2 is 0.286 bits per heavy atom. The summed E-state index contributed by atoms with van der Waals surface area (Å²) in [4.78, 5) is 0. The van der Waals surface area contributed by atoms with Crippen molar-refractivity contribution in [2.75, 3.05) is 0 Å². The van der Waals surface area contributed by atoms with Crippen molar-refractivity contribution in [1.29, 1.82) is 0 Å². The number of hydrogen-bond acceptors (Lipinski definition) is 0. The molecule has 0 aliphatic rings. The molecule has 0 spiro atoms. The van der Waals surface area contributed by atoms with Gasteiger partial charge >= 0.3 is 0 Å². The number of halogens is 6. The van der Waals surface area contributed by atoms with Crippen LogP contribution in [0.3, 0.4) is 0 Å². The van der Waals surface area contributed by atoms with Crippen LogP contribution in [0.4, 0.5) is 0 Å². The Labute approximate surface area is 94.1 Å². The van der Waals surface area contributed by atoms with Crippen LogP contribution in [0.2, 0.25) is 0 Å². The zero-order chi connectivity index (χ0) is 0. The van der Waals surface area contributed by atoms with Crippen molar-refractivity contribution in [2.45, 2.75) is 0 Å². The van der Waals surface area contributed by atoms with Crippen LogP contribution in [-0.4, -0.2) is 0 Å². The van der Waals surface area contributed by atoms with Gasteiger partial charge in [-0.2, -0.15) is 0 Å². The minimum absolute atomic E-state index is 0. The molecule has 0 aromatic heterocycles. The Balaban J connectivity index is 0. The van der Waals surface area contributed by atoms with Gasteiger partial charge in [-0.05, 0) is 0 Å². The molecular formula is H6Cl6Pd. The van der Waals surface area contributed by atoms with Gasteiger partial charge in [0, 0.05) is 20.4 Å². The van der Waals surface area contributed by atoms with Crippen molar-refractivity contribution >= 4 is 74.4 Å². The van der Waals surface area contributed by atoms with Gasteiger partial charge in [-0.25, -0.2) is 0 Å². The second-order valence-corrected chi connectivity index (χ2v) is 0. The van der Waals surface area contributed by atoms with E-state index >= 15 is 0 Å². The van der Waals surface area contributed by atoms with Gasteiger partial charge in [0.15, 0.2) is 0 Å². The van der Waals surface area contributed by atoms with Crippen LogP contribution in [-0.2, 0) is 20.4 Å². The zero-order valence-electron chi connectivity index (χ0n) is 2.77. The van der Waals surface area contributed by atoms with Crippen molar-refractivity contribution in [1.82, 2.24) is 0 Å². The topological polar surface area (TPSA) is 0 Å². The number of hydrogen-bond donors (Lipinski definition) is 0. The van der Waals surface area contributed by atoms with Gasteiger partial charge < -0.3 is 0 Å². The molecule has 0 saturated heterocycles. The molecule has 58 valence electrons. The molecule has 0 radical (unpaired) electrons. The van der Waals surface area contributed by atoms with Gasteiger partial charge in [-0.1, -0.05) is 0 Å². The van der Waals surface area contributed by atoms with Gasteiger partial charge in [0.05, 0.1) is 0 Å². The van der Waals surface area contributed by atoms with Crippen LogP contribution < -0.4 is 0 Å². The molecule has 0 atom stereocenters. The van der Waals surface area contributed by atoms with E-state index in [0.29, 0.717) is 0 Å². The second-order valence-electron chi connectivity index (χ2n) is 0. The summed E-state index contributed by atoms with van der Waals surface area (Å²) in [5.41, 5.74) is 0. The SMILES string of the molecule is Cl.Cl.Cl.Cl.Cl.Cl.[Pd]. The summed E-state index contributed by atoms with van der Waals surface area (Å²) in [6, 6.07) is 0. The maximum absolute atomic E-state index is 0. The molecule has 0 aromatic carbocycles. The van der Waals surface area contributed by atoms with Crippen LogP contribution in [0.25, 0.3) is 0 Å². The third kappa shape index (κ3) is 59.7. The maximum atomic E-state index is 0. The quantitative estimate of drug-likeness (QED) is 0.601. The molecule has 0 heterocycles. The summed E-state index contributed by atoms with van der Waals surface area (Å²) in [6.07, 6.45) is 0. The first-order chi connectivity index (χ1) is 0. The molecule has 0 fully saturated rings. The van der Waals surface area contributed by atoms with Gasteiger partial charge in [-0.15, -0.1) is 74.4 Å². The van der Waals surface area contributed by atoms with E-state index in [2.05, 4.69) is 0 Å². The van der Waals surface area contributed by atoms with Crippen molar-refractivity contribution in [2.24, 2.45) is 0 Å². The molecule has 7 heavy (non-hydrogen) atoms. The Kier molecular flexibility index (Phi) is 1310.